The standard InChI is InChI=1S/C16H21F3N2O2/c1-4-23-12-7-5-6-11(8-12)9-13(16(17,18)19)21-15(2,3)10-14(22)20-21/h5-8,13H,4,9-10H2,1-3H3,(H,20,22). The van der Waals surface area contributed by atoms with Crippen LogP contribution >= 0.6 is 0 Å². The van der Waals surface area contributed by atoms with Crippen molar-refractivity contribution < 1.29 is 22.7 Å². The summed E-state index contributed by atoms with van der Waals surface area (Å²) >= 11 is 0. The highest BCUT2D eigenvalue weighted by Gasteiger charge is 2.51. The van der Waals surface area contributed by atoms with Crippen LogP contribution in [0.2, 0.25) is 0 Å². The van der Waals surface area contributed by atoms with Gasteiger partial charge in [0.25, 0.3) is 0 Å². The van der Waals surface area contributed by atoms with Crippen molar-refractivity contribution in [3.8, 4) is 5.75 Å². The Balaban J connectivity index is 2.27. The van der Waals surface area contributed by atoms with Gasteiger partial charge in [-0.05, 0) is 44.9 Å². The van der Waals surface area contributed by atoms with Gasteiger partial charge in [-0.1, -0.05) is 12.1 Å². The molecule has 0 aliphatic carbocycles. The zero-order valence-electron chi connectivity index (χ0n) is 13.4. The van der Waals surface area contributed by atoms with Crippen molar-refractivity contribution in [3.63, 3.8) is 0 Å². The topological polar surface area (TPSA) is 41.6 Å². The molecule has 1 aliphatic heterocycles. The third-order valence-electron chi connectivity index (χ3n) is 3.82. The van der Waals surface area contributed by atoms with Gasteiger partial charge >= 0.3 is 6.18 Å². The second-order valence-corrected chi connectivity index (χ2v) is 6.24. The molecule has 1 unspecified atom stereocenters. The molecule has 1 atom stereocenters. The lowest BCUT2D eigenvalue weighted by molar-refractivity contribution is -0.200. The Morgan fingerprint density at radius 1 is 1.39 bits per heavy atom. The van der Waals surface area contributed by atoms with Gasteiger partial charge in [-0.25, -0.2) is 5.01 Å². The molecule has 0 spiro atoms. The predicted molar refractivity (Wildman–Crippen MR) is 79.8 cm³/mol. The maximum atomic E-state index is 13.6. The maximum Gasteiger partial charge on any atom is 0.406 e. The third-order valence-corrected chi connectivity index (χ3v) is 3.82. The predicted octanol–water partition coefficient (Wildman–Crippen LogP) is 3.07. The fourth-order valence-corrected chi connectivity index (χ4v) is 2.81. The summed E-state index contributed by atoms with van der Waals surface area (Å²) in [6.07, 6.45) is -4.68. The average molecular weight is 330 g/mol. The molecule has 0 radical (unpaired) electrons. The number of hydrogen-bond acceptors (Lipinski definition) is 3. The maximum absolute atomic E-state index is 13.6. The highest BCUT2D eigenvalue weighted by Crippen LogP contribution is 2.35. The molecule has 1 heterocycles. The number of rotatable bonds is 5. The first-order chi connectivity index (χ1) is 10.6. The molecule has 7 heteroatoms. The highest BCUT2D eigenvalue weighted by molar-refractivity contribution is 5.78. The number of amides is 1. The number of carbonyl (C=O) groups is 1. The Bertz CT molecular complexity index is 573. The molecule has 1 amide bonds. The Morgan fingerprint density at radius 3 is 2.61 bits per heavy atom. The molecule has 1 aromatic carbocycles. The summed E-state index contributed by atoms with van der Waals surface area (Å²) in [5.41, 5.74) is 1.97. The Kier molecular flexibility index (Phi) is 4.89. The molecule has 128 valence electrons. The SMILES string of the molecule is CCOc1cccc(CC(N2NC(=O)CC2(C)C)C(F)(F)F)c1. The number of nitrogens with one attached hydrogen (secondary N) is 1. The smallest absolute Gasteiger partial charge is 0.406 e. The molecule has 0 saturated carbocycles. The molecule has 0 bridgehead atoms. The van der Waals surface area contributed by atoms with E-state index in [1.54, 1.807) is 38.1 Å². The summed E-state index contributed by atoms with van der Waals surface area (Å²) in [6, 6.07) is 4.82. The summed E-state index contributed by atoms with van der Waals surface area (Å²) in [7, 11) is 0. The van der Waals surface area contributed by atoms with E-state index in [0.717, 1.165) is 5.01 Å². The molecular weight excluding hydrogens is 309 g/mol. The Morgan fingerprint density at radius 2 is 2.09 bits per heavy atom. The van der Waals surface area contributed by atoms with Gasteiger partial charge in [0.15, 0.2) is 0 Å². The Hall–Kier alpha value is -1.76. The Labute approximate surface area is 133 Å². The number of hydrogen-bond donors (Lipinski definition) is 1. The van der Waals surface area contributed by atoms with Crippen LogP contribution < -0.4 is 10.2 Å². The van der Waals surface area contributed by atoms with E-state index in [1.165, 1.54) is 0 Å². The monoisotopic (exact) mass is 330 g/mol. The molecule has 4 nitrogen and oxygen atoms in total. The second kappa shape index (κ2) is 6.39. The number of halogens is 3. The van der Waals surface area contributed by atoms with Crippen molar-refractivity contribution in [3.05, 3.63) is 29.8 Å². The van der Waals surface area contributed by atoms with Gasteiger partial charge in [-0.3, -0.25) is 10.2 Å². The zero-order valence-corrected chi connectivity index (χ0v) is 13.4. The van der Waals surface area contributed by atoms with Gasteiger partial charge in [0.1, 0.15) is 11.8 Å². The summed E-state index contributed by atoms with van der Waals surface area (Å²) in [4.78, 5) is 11.6. The van der Waals surface area contributed by atoms with Crippen molar-refractivity contribution in [2.24, 2.45) is 0 Å². The van der Waals surface area contributed by atoms with Gasteiger partial charge in [0.2, 0.25) is 5.91 Å². The quantitative estimate of drug-likeness (QED) is 0.902. The van der Waals surface area contributed by atoms with Gasteiger partial charge in [0, 0.05) is 12.0 Å². The first-order valence-corrected chi connectivity index (χ1v) is 7.51. The van der Waals surface area contributed by atoms with Crippen LogP contribution in [-0.2, 0) is 11.2 Å². The minimum absolute atomic E-state index is 0.0402. The number of hydrazine groups is 1. The van der Waals surface area contributed by atoms with Crippen LogP contribution in [0.15, 0.2) is 24.3 Å². The first-order valence-electron chi connectivity index (χ1n) is 7.51. The van der Waals surface area contributed by atoms with Crippen LogP contribution in [0.5, 0.6) is 5.75 Å². The normalized spacial score (nSPS) is 19.5. The van der Waals surface area contributed by atoms with Crippen molar-refractivity contribution in [2.45, 2.75) is 51.4 Å². The van der Waals surface area contributed by atoms with E-state index in [4.69, 9.17) is 4.74 Å². The molecule has 1 saturated heterocycles. The number of alkyl halides is 3. The van der Waals surface area contributed by atoms with E-state index in [1.807, 2.05) is 6.92 Å². The molecule has 2 rings (SSSR count). The first kappa shape index (κ1) is 17.6. The van der Waals surface area contributed by atoms with E-state index in [0.29, 0.717) is 17.9 Å². The summed E-state index contributed by atoms with van der Waals surface area (Å²) in [6.45, 7) is 5.51. The number of benzene rings is 1. The van der Waals surface area contributed by atoms with E-state index in [-0.39, 0.29) is 12.8 Å². The number of ether oxygens (including phenoxy) is 1. The van der Waals surface area contributed by atoms with Crippen LogP contribution in [0, 0.1) is 0 Å². The lowest BCUT2D eigenvalue weighted by atomic mass is 9.97. The zero-order chi connectivity index (χ0) is 17.3. The van der Waals surface area contributed by atoms with Gasteiger partial charge in [0.05, 0.1) is 6.61 Å². The van der Waals surface area contributed by atoms with Crippen LogP contribution in [-0.4, -0.2) is 35.3 Å². The van der Waals surface area contributed by atoms with E-state index < -0.39 is 23.7 Å². The molecule has 1 aliphatic rings. The van der Waals surface area contributed by atoms with Crippen LogP contribution in [0.1, 0.15) is 32.8 Å². The van der Waals surface area contributed by atoms with Crippen molar-refractivity contribution in [2.75, 3.05) is 6.61 Å². The summed E-state index contributed by atoms with van der Waals surface area (Å²) in [5, 5.41) is 1.03. The fraction of sp³-hybridized carbons (Fsp3) is 0.562. The molecule has 0 aromatic heterocycles. The minimum atomic E-state index is -4.46. The van der Waals surface area contributed by atoms with Gasteiger partial charge in [-0.15, -0.1) is 0 Å². The van der Waals surface area contributed by atoms with E-state index in [2.05, 4.69) is 5.43 Å². The summed E-state index contributed by atoms with van der Waals surface area (Å²) < 4.78 is 46.0. The molecule has 23 heavy (non-hydrogen) atoms. The average Bonchev–Trinajstić information content (AvgIpc) is 2.68. The largest absolute Gasteiger partial charge is 0.494 e. The molecule has 1 N–H and O–H groups in total. The minimum Gasteiger partial charge on any atom is -0.494 e. The highest BCUT2D eigenvalue weighted by atomic mass is 19.4. The lowest BCUT2D eigenvalue weighted by Crippen LogP contribution is -2.57. The lowest BCUT2D eigenvalue weighted by Gasteiger charge is -2.37. The van der Waals surface area contributed by atoms with Crippen LogP contribution in [0.4, 0.5) is 13.2 Å². The van der Waals surface area contributed by atoms with Crippen molar-refractivity contribution >= 4 is 5.91 Å². The molecular formula is C16H21F3N2O2. The van der Waals surface area contributed by atoms with Gasteiger partial charge in [-0.2, -0.15) is 13.2 Å². The second-order valence-electron chi connectivity index (χ2n) is 6.24. The summed E-state index contributed by atoms with van der Waals surface area (Å²) in [5.74, 6) is 0.142. The molecule has 1 fully saturated rings. The van der Waals surface area contributed by atoms with Crippen molar-refractivity contribution in [1.82, 2.24) is 10.4 Å². The van der Waals surface area contributed by atoms with Gasteiger partial charge < -0.3 is 4.74 Å². The van der Waals surface area contributed by atoms with E-state index >= 15 is 0 Å². The van der Waals surface area contributed by atoms with Crippen molar-refractivity contribution in [1.29, 1.82) is 0 Å². The van der Waals surface area contributed by atoms with Crippen LogP contribution in [0.25, 0.3) is 0 Å². The number of carbonyl (C=O) groups excluding carboxylic acids is 1. The fourth-order valence-electron chi connectivity index (χ4n) is 2.81. The molecule has 1 aromatic rings. The number of nitrogens with zero attached hydrogens (tertiary/aromatic N) is 1. The van der Waals surface area contributed by atoms with Crippen LogP contribution in [0.3, 0.4) is 0 Å². The van der Waals surface area contributed by atoms with E-state index in [9.17, 15) is 18.0 Å². The third kappa shape index (κ3) is 4.16.